The van der Waals surface area contributed by atoms with Gasteiger partial charge < -0.3 is 5.73 Å². The fourth-order valence-electron chi connectivity index (χ4n) is 4.33. The molecule has 0 saturated heterocycles. The lowest BCUT2D eigenvalue weighted by molar-refractivity contribution is -0.116. The molecule has 0 radical (unpaired) electrons. The first-order valence-corrected chi connectivity index (χ1v) is 12.0. The molecule has 0 bridgehead atoms. The van der Waals surface area contributed by atoms with Crippen molar-refractivity contribution in [1.82, 2.24) is 0 Å². The van der Waals surface area contributed by atoms with E-state index >= 15 is 0 Å². The van der Waals surface area contributed by atoms with Gasteiger partial charge in [-0.25, -0.2) is 0 Å². The van der Waals surface area contributed by atoms with E-state index in [0.29, 0.717) is 45.5 Å². The molecule has 2 aliphatic rings. The average molecular weight is 472 g/mol. The molecule has 160 valence electrons. The van der Waals surface area contributed by atoms with E-state index in [0.717, 1.165) is 36.3 Å². The van der Waals surface area contributed by atoms with Crippen molar-refractivity contribution in [2.75, 3.05) is 4.90 Å². The minimum absolute atomic E-state index is 0.0834. The Morgan fingerprint density at radius 1 is 1.23 bits per heavy atom. The zero-order chi connectivity index (χ0) is 22.1. The molecular formula is C24H23Cl2N3OS. The fourth-order valence-corrected chi connectivity index (χ4v) is 5.79. The molecule has 1 aliphatic heterocycles. The Labute approximate surface area is 196 Å². The number of benzene rings is 1. The molecule has 1 aromatic carbocycles. The van der Waals surface area contributed by atoms with Gasteiger partial charge in [0.1, 0.15) is 5.82 Å². The Bertz CT molecular complexity index is 1140. The molecule has 7 heteroatoms. The Morgan fingerprint density at radius 2 is 2.03 bits per heavy atom. The molecule has 2 aromatic rings. The summed E-state index contributed by atoms with van der Waals surface area (Å²) in [5.74, 6) is 0.0233. The number of thiophene rings is 1. The predicted octanol–water partition coefficient (Wildman–Crippen LogP) is 6.70. The maximum atomic E-state index is 13.2. The van der Waals surface area contributed by atoms with E-state index in [-0.39, 0.29) is 5.78 Å². The number of carbonyl (C=O) groups excluding carboxylic acids is 1. The number of nitrogens with zero attached hydrogens (tertiary/aromatic N) is 2. The van der Waals surface area contributed by atoms with Crippen molar-refractivity contribution in [2.24, 2.45) is 5.73 Å². The van der Waals surface area contributed by atoms with Crippen LogP contribution < -0.4 is 10.6 Å². The maximum Gasteiger partial charge on any atom is 0.161 e. The van der Waals surface area contributed by atoms with Gasteiger partial charge in [0.2, 0.25) is 0 Å². The van der Waals surface area contributed by atoms with Crippen LogP contribution in [0.5, 0.6) is 0 Å². The van der Waals surface area contributed by atoms with E-state index in [1.54, 1.807) is 23.5 Å². The van der Waals surface area contributed by atoms with Crippen molar-refractivity contribution >= 4 is 46.0 Å². The first-order valence-electron chi connectivity index (χ1n) is 10.5. The summed E-state index contributed by atoms with van der Waals surface area (Å²) >= 11 is 14.0. The van der Waals surface area contributed by atoms with E-state index in [4.69, 9.17) is 28.9 Å². The standard InChI is InChI=1S/C24H23Cl2N3OS/c1-2-3-5-15-9-11-21(31-15)22-16(13-27)24(28)29(14-8-10-17(25)18(26)12-14)19-6-4-7-20(30)23(19)22/h8-12,22H,2-7,28H2,1H3. The molecule has 4 nitrogen and oxygen atoms in total. The molecule has 1 aromatic heterocycles. The molecule has 31 heavy (non-hydrogen) atoms. The number of carbonyl (C=O) groups is 1. The number of aryl methyl sites for hydroxylation is 1. The van der Waals surface area contributed by atoms with E-state index in [9.17, 15) is 10.1 Å². The maximum absolute atomic E-state index is 13.2. The number of allylic oxidation sites excluding steroid dienone is 3. The third-order valence-corrected chi connectivity index (χ3v) is 7.77. The number of ketones is 1. The molecule has 1 unspecified atom stereocenters. The van der Waals surface area contributed by atoms with E-state index in [2.05, 4.69) is 19.1 Å². The number of halogens is 2. The molecular weight excluding hydrogens is 449 g/mol. The summed E-state index contributed by atoms with van der Waals surface area (Å²) < 4.78 is 0. The van der Waals surface area contributed by atoms with Crippen molar-refractivity contribution in [2.45, 2.75) is 51.4 Å². The molecule has 0 fully saturated rings. The smallest absolute Gasteiger partial charge is 0.161 e. The van der Waals surface area contributed by atoms with Crippen molar-refractivity contribution in [3.63, 3.8) is 0 Å². The lowest BCUT2D eigenvalue weighted by Crippen LogP contribution is -2.38. The number of hydrogen-bond acceptors (Lipinski definition) is 5. The number of rotatable bonds is 5. The second-order valence-electron chi connectivity index (χ2n) is 7.82. The quantitative estimate of drug-likeness (QED) is 0.526. The number of nitriles is 1. The monoisotopic (exact) mass is 471 g/mol. The first kappa shape index (κ1) is 22.0. The Morgan fingerprint density at radius 3 is 2.74 bits per heavy atom. The third-order valence-electron chi connectivity index (χ3n) is 5.82. The zero-order valence-corrected chi connectivity index (χ0v) is 19.6. The second-order valence-corrected chi connectivity index (χ2v) is 9.84. The number of nitrogens with two attached hydrogens (primary N) is 1. The van der Waals surface area contributed by atoms with Gasteiger partial charge in [0.25, 0.3) is 0 Å². The minimum Gasteiger partial charge on any atom is -0.384 e. The van der Waals surface area contributed by atoms with Crippen molar-refractivity contribution < 1.29 is 4.79 Å². The Balaban J connectivity index is 1.87. The highest BCUT2D eigenvalue weighted by atomic mass is 35.5. The average Bonchev–Trinajstić information content (AvgIpc) is 3.22. The van der Waals surface area contributed by atoms with Crippen LogP contribution >= 0.6 is 34.5 Å². The number of unbranched alkanes of at least 4 members (excludes halogenated alkanes) is 1. The van der Waals surface area contributed by atoms with Gasteiger partial charge in [-0.2, -0.15) is 5.26 Å². The summed E-state index contributed by atoms with van der Waals surface area (Å²) in [4.78, 5) is 17.2. The highest BCUT2D eigenvalue weighted by Gasteiger charge is 2.40. The van der Waals surface area contributed by atoms with Crippen LogP contribution in [0.3, 0.4) is 0 Å². The van der Waals surface area contributed by atoms with Gasteiger partial charge in [0.05, 0.1) is 27.6 Å². The van der Waals surface area contributed by atoms with Gasteiger partial charge in [0, 0.05) is 33.1 Å². The van der Waals surface area contributed by atoms with Gasteiger partial charge in [0.15, 0.2) is 5.78 Å². The lowest BCUT2D eigenvalue weighted by Gasteiger charge is -2.39. The number of Topliss-reactive ketones (excluding diaryl/α,β-unsaturated/α-hetero) is 1. The van der Waals surface area contributed by atoms with Crippen LogP contribution in [0, 0.1) is 11.3 Å². The van der Waals surface area contributed by atoms with E-state index in [1.807, 2.05) is 17.0 Å². The molecule has 2 heterocycles. The predicted molar refractivity (Wildman–Crippen MR) is 127 cm³/mol. The van der Waals surface area contributed by atoms with Crippen molar-refractivity contribution in [1.29, 1.82) is 5.26 Å². The molecule has 1 aliphatic carbocycles. The zero-order valence-electron chi connectivity index (χ0n) is 17.3. The van der Waals surface area contributed by atoms with Crippen LogP contribution in [-0.4, -0.2) is 5.78 Å². The number of hydrogen-bond donors (Lipinski definition) is 1. The largest absolute Gasteiger partial charge is 0.384 e. The lowest BCUT2D eigenvalue weighted by atomic mass is 9.78. The molecule has 0 spiro atoms. The summed E-state index contributed by atoms with van der Waals surface area (Å²) in [6.07, 6.45) is 5.20. The topological polar surface area (TPSA) is 70.1 Å². The first-order chi connectivity index (χ1) is 15.0. The molecule has 1 atom stereocenters. The summed E-state index contributed by atoms with van der Waals surface area (Å²) in [6.45, 7) is 2.17. The van der Waals surface area contributed by atoms with Crippen LogP contribution in [0.1, 0.15) is 54.7 Å². The van der Waals surface area contributed by atoms with Gasteiger partial charge in [-0.15, -0.1) is 11.3 Å². The van der Waals surface area contributed by atoms with E-state index in [1.165, 1.54) is 4.88 Å². The highest BCUT2D eigenvalue weighted by molar-refractivity contribution is 7.12. The van der Waals surface area contributed by atoms with Crippen LogP contribution in [0.2, 0.25) is 10.0 Å². The summed E-state index contributed by atoms with van der Waals surface area (Å²) in [5, 5.41) is 10.9. The fraction of sp³-hybridized carbons (Fsp3) is 0.333. The van der Waals surface area contributed by atoms with Gasteiger partial charge in [-0.05, 0) is 56.0 Å². The van der Waals surface area contributed by atoms with Crippen LogP contribution in [-0.2, 0) is 11.2 Å². The third kappa shape index (κ3) is 4.01. The van der Waals surface area contributed by atoms with Gasteiger partial charge >= 0.3 is 0 Å². The molecule has 0 saturated carbocycles. The Kier molecular flexibility index (Phi) is 6.43. The number of anilines is 1. The SMILES string of the molecule is CCCCc1ccc(C2C(C#N)=C(N)N(c3ccc(Cl)c(Cl)c3)C3=C2C(=O)CCC3)s1. The molecule has 2 N–H and O–H groups in total. The summed E-state index contributed by atoms with van der Waals surface area (Å²) in [5.41, 5.74) is 9.25. The normalized spacial score (nSPS) is 19.0. The van der Waals surface area contributed by atoms with Gasteiger partial charge in [-0.3, -0.25) is 9.69 Å². The van der Waals surface area contributed by atoms with Crippen LogP contribution in [0.25, 0.3) is 0 Å². The second kappa shape index (κ2) is 9.08. The summed E-state index contributed by atoms with van der Waals surface area (Å²) in [7, 11) is 0. The Hall–Kier alpha value is -2.26. The van der Waals surface area contributed by atoms with Crippen LogP contribution in [0.15, 0.2) is 53.0 Å². The van der Waals surface area contributed by atoms with E-state index < -0.39 is 5.92 Å². The van der Waals surface area contributed by atoms with Crippen molar-refractivity contribution in [3.8, 4) is 6.07 Å². The van der Waals surface area contributed by atoms with Gasteiger partial charge in [-0.1, -0.05) is 36.5 Å². The summed E-state index contributed by atoms with van der Waals surface area (Å²) in [6, 6.07) is 11.7. The highest BCUT2D eigenvalue weighted by Crippen LogP contribution is 2.48. The van der Waals surface area contributed by atoms with Crippen LogP contribution in [0.4, 0.5) is 5.69 Å². The molecule has 0 amide bonds. The molecule has 4 rings (SSSR count). The minimum atomic E-state index is -0.410. The van der Waals surface area contributed by atoms with Crippen molar-refractivity contribution in [3.05, 3.63) is 72.8 Å².